The molecule has 2 aromatic carbocycles. The van der Waals surface area contributed by atoms with Crippen LogP contribution in [0.25, 0.3) is 0 Å². The molecule has 3 rings (SSSR count). The third kappa shape index (κ3) is 6.40. The number of rotatable bonds is 5. The molecular formula is C17H21NO4S. The minimum Gasteiger partial charge on any atom is -0.508 e. The lowest BCUT2D eigenvalue weighted by molar-refractivity contribution is 0.423. The van der Waals surface area contributed by atoms with Gasteiger partial charge in [0.1, 0.15) is 5.75 Å². The first kappa shape index (κ1) is 17.5. The zero-order valence-corrected chi connectivity index (χ0v) is 13.8. The molecule has 124 valence electrons. The number of phenols is 1. The Morgan fingerprint density at radius 2 is 1.70 bits per heavy atom. The van der Waals surface area contributed by atoms with Crippen molar-refractivity contribution in [3.8, 4) is 5.75 Å². The van der Waals surface area contributed by atoms with Gasteiger partial charge in [0.2, 0.25) is 10.0 Å². The van der Waals surface area contributed by atoms with Crippen molar-refractivity contribution in [3.05, 3.63) is 60.2 Å². The maximum atomic E-state index is 11.9. The Kier molecular flexibility index (Phi) is 6.15. The van der Waals surface area contributed by atoms with E-state index in [4.69, 9.17) is 9.84 Å². The molecule has 1 unspecified atom stereocenters. The van der Waals surface area contributed by atoms with Gasteiger partial charge in [-0.2, -0.15) is 0 Å². The van der Waals surface area contributed by atoms with Gasteiger partial charge in [-0.3, -0.25) is 0 Å². The zero-order chi connectivity index (χ0) is 16.7. The monoisotopic (exact) mass is 335 g/mol. The predicted octanol–water partition coefficient (Wildman–Crippen LogP) is 2.32. The number of aromatic hydroxyl groups is 1. The molecule has 2 N–H and O–H groups in total. The van der Waals surface area contributed by atoms with Crippen LogP contribution in [0.1, 0.15) is 12.5 Å². The van der Waals surface area contributed by atoms with Crippen molar-refractivity contribution >= 4 is 10.0 Å². The van der Waals surface area contributed by atoms with Gasteiger partial charge in [0.15, 0.2) is 0 Å². The van der Waals surface area contributed by atoms with E-state index in [1.807, 2.05) is 30.3 Å². The van der Waals surface area contributed by atoms with Crippen LogP contribution in [0.4, 0.5) is 0 Å². The first-order valence-corrected chi connectivity index (χ1v) is 8.90. The van der Waals surface area contributed by atoms with Crippen molar-refractivity contribution in [2.75, 3.05) is 13.2 Å². The van der Waals surface area contributed by atoms with Crippen LogP contribution in [0, 0.1) is 0 Å². The molecule has 0 saturated carbocycles. The van der Waals surface area contributed by atoms with Gasteiger partial charge in [-0.15, -0.1) is 0 Å². The summed E-state index contributed by atoms with van der Waals surface area (Å²) in [5.74, 6) is 0.0447. The van der Waals surface area contributed by atoms with E-state index in [9.17, 15) is 8.42 Å². The van der Waals surface area contributed by atoms with Crippen molar-refractivity contribution in [2.24, 2.45) is 0 Å². The first-order chi connectivity index (χ1) is 11.0. The number of sulfonamides is 1. The van der Waals surface area contributed by atoms with Crippen LogP contribution in [0.2, 0.25) is 0 Å². The Morgan fingerprint density at radius 1 is 1.13 bits per heavy atom. The molecular weight excluding hydrogens is 314 g/mol. The molecule has 1 atom stereocenters. The fourth-order valence-electron chi connectivity index (χ4n) is 1.78. The fraction of sp³-hybridized carbons (Fsp3) is 0.294. The lowest BCUT2D eigenvalue weighted by Gasteiger charge is -2.06. The molecule has 2 aromatic rings. The van der Waals surface area contributed by atoms with Gasteiger partial charge < -0.3 is 9.84 Å². The van der Waals surface area contributed by atoms with Gasteiger partial charge in [0, 0.05) is 6.54 Å². The SMILES string of the molecule is CC1CO1.O=S(=O)(NCCc1ccccc1)c1ccc(O)cc1. The molecule has 1 aliphatic rings. The van der Waals surface area contributed by atoms with E-state index < -0.39 is 10.0 Å². The highest BCUT2D eigenvalue weighted by molar-refractivity contribution is 7.89. The summed E-state index contributed by atoms with van der Waals surface area (Å²) in [6.07, 6.45) is 1.22. The second-order valence-corrected chi connectivity index (χ2v) is 7.04. The lowest BCUT2D eigenvalue weighted by Crippen LogP contribution is -2.25. The lowest BCUT2D eigenvalue weighted by atomic mass is 10.2. The van der Waals surface area contributed by atoms with Crippen LogP contribution in [0.3, 0.4) is 0 Å². The van der Waals surface area contributed by atoms with E-state index in [0.717, 1.165) is 12.2 Å². The van der Waals surface area contributed by atoms with Gasteiger partial charge in [-0.1, -0.05) is 30.3 Å². The third-order valence-corrected chi connectivity index (χ3v) is 4.67. The summed E-state index contributed by atoms with van der Waals surface area (Å²) >= 11 is 0. The topological polar surface area (TPSA) is 78.9 Å². The summed E-state index contributed by atoms with van der Waals surface area (Å²) in [5, 5.41) is 9.13. The van der Waals surface area contributed by atoms with E-state index in [2.05, 4.69) is 11.6 Å². The minimum atomic E-state index is -3.51. The molecule has 0 bridgehead atoms. The summed E-state index contributed by atoms with van der Waals surface area (Å²) < 4.78 is 31.1. The standard InChI is InChI=1S/C14H15NO3S.C3H6O/c16-13-6-8-14(9-7-13)19(17,18)15-11-10-12-4-2-1-3-5-12;1-3-2-4-3/h1-9,15-16H,10-11H2;3H,2H2,1H3. The molecule has 0 aromatic heterocycles. The Balaban J connectivity index is 0.000000417. The van der Waals surface area contributed by atoms with Crippen LogP contribution in [-0.4, -0.2) is 32.8 Å². The summed E-state index contributed by atoms with van der Waals surface area (Å²) in [6, 6.07) is 15.1. The minimum absolute atomic E-state index is 0.0447. The average molecular weight is 335 g/mol. The summed E-state index contributed by atoms with van der Waals surface area (Å²) in [4.78, 5) is 0.151. The molecule has 6 heteroatoms. The fourth-order valence-corrected chi connectivity index (χ4v) is 2.81. The molecule has 0 spiro atoms. The third-order valence-electron chi connectivity index (χ3n) is 3.20. The number of hydrogen-bond donors (Lipinski definition) is 2. The number of nitrogens with one attached hydrogen (secondary N) is 1. The summed E-state index contributed by atoms with van der Waals surface area (Å²) in [7, 11) is -3.51. The predicted molar refractivity (Wildman–Crippen MR) is 88.9 cm³/mol. The second-order valence-electron chi connectivity index (χ2n) is 5.27. The summed E-state index contributed by atoms with van der Waals surface area (Å²) in [5.41, 5.74) is 1.08. The largest absolute Gasteiger partial charge is 0.508 e. The van der Waals surface area contributed by atoms with Crippen LogP contribution in [-0.2, 0) is 21.2 Å². The molecule has 5 nitrogen and oxygen atoms in total. The first-order valence-electron chi connectivity index (χ1n) is 7.41. The van der Waals surface area contributed by atoms with Gasteiger partial charge in [-0.05, 0) is 43.2 Å². The van der Waals surface area contributed by atoms with E-state index in [0.29, 0.717) is 19.1 Å². The van der Waals surface area contributed by atoms with Gasteiger partial charge in [-0.25, -0.2) is 13.1 Å². The molecule has 1 aliphatic heterocycles. The van der Waals surface area contributed by atoms with Crippen molar-refractivity contribution in [3.63, 3.8) is 0 Å². The number of benzene rings is 2. The molecule has 1 heterocycles. The molecule has 0 radical (unpaired) electrons. The van der Waals surface area contributed by atoms with Crippen LogP contribution in [0.15, 0.2) is 59.5 Å². The number of epoxide rings is 1. The van der Waals surface area contributed by atoms with Crippen LogP contribution >= 0.6 is 0 Å². The highest BCUT2D eigenvalue weighted by atomic mass is 32.2. The molecule has 1 saturated heterocycles. The van der Waals surface area contributed by atoms with Crippen LogP contribution in [0.5, 0.6) is 5.75 Å². The quantitative estimate of drug-likeness (QED) is 0.822. The Bertz CT molecular complexity index is 695. The summed E-state index contributed by atoms with van der Waals surface area (Å²) in [6.45, 7) is 3.38. The molecule has 23 heavy (non-hydrogen) atoms. The van der Waals surface area contributed by atoms with E-state index in [-0.39, 0.29) is 10.6 Å². The van der Waals surface area contributed by atoms with E-state index >= 15 is 0 Å². The number of hydrogen-bond acceptors (Lipinski definition) is 4. The Labute approximate surface area is 137 Å². The number of ether oxygens (including phenoxy) is 1. The highest BCUT2D eigenvalue weighted by Crippen LogP contribution is 2.14. The highest BCUT2D eigenvalue weighted by Gasteiger charge is 2.13. The normalized spacial score (nSPS) is 16.3. The zero-order valence-electron chi connectivity index (χ0n) is 13.0. The van der Waals surface area contributed by atoms with Crippen molar-refractivity contribution in [1.29, 1.82) is 0 Å². The molecule has 0 aliphatic carbocycles. The van der Waals surface area contributed by atoms with Crippen molar-refractivity contribution in [2.45, 2.75) is 24.3 Å². The smallest absolute Gasteiger partial charge is 0.240 e. The van der Waals surface area contributed by atoms with Crippen LogP contribution < -0.4 is 4.72 Å². The van der Waals surface area contributed by atoms with E-state index in [1.165, 1.54) is 24.3 Å². The van der Waals surface area contributed by atoms with Gasteiger partial charge >= 0.3 is 0 Å². The maximum Gasteiger partial charge on any atom is 0.240 e. The molecule has 0 amide bonds. The maximum absolute atomic E-state index is 11.9. The Morgan fingerprint density at radius 3 is 2.22 bits per heavy atom. The van der Waals surface area contributed by atoms with E-state index in [1.54, 1.807) is 0 Å². The van der Waals surface area contributed by atoms with Gasteiger partial charge in [0.25, 0.3) is 0 Å². The van der Waals surface area contributed by atoms with Crippen molar-refractivity contribution in [1.82, 2.24) is 4.72 Å². The average Bonchev–Trinajstić information content (AvgIpc) is 3.31. The number of phenolic OH excluding ortho intramolecular Hbond substituents is 1. The second kappa shape index (κ2) is 8.10. The molecule has 1 fully saturated rings. The van der Waals surface area contributed by atoms with Gasteiger partial charge in [0.05, 0.1) is 17.6 Å². The van der Waals surface area contributed by atoms with Crippen molar-refractivity contribution < 1.29 is 18.3 Å². The Hall–Kier alpha value is -1.89.